The zero-order valence-corrected chi connectivity index (χ0v) is 13.0. The predicted molar refractivity (Wildman–Crippen MR) is 77.4 cm³/mol. The molecule has 9 heteroatoms. The van der Waals surface area contributed by atoms with Crippen molar-refractivity contribution >= 4 is 11.9 Å². The molecule has 0 aliphatic carbocycles. The van der Waals surface area contributed by atoms with Crippen molar-refractivity contribution in [3.05, 3.63) is 0 Å². The van der Waals surface area contributed by atoms with Crippen LogP contribution in [0.15, 0.2) is 0 Å². The summed E-state index contributed by atoms with van der Waals surface area (Å²) in [5.74, 6) is 0.609. The largest absolute Gasteiger partial charge is 0.376 e. The molecule has 2 fully saturated rings. The highest BCUT2D eigenvalue weighted by Crippen LogP contribution is 2.24. The average Bonchev–Trinajstić information content (AvgIpc) is 3.07. The number of anilines is 1. The van der Waals surface area contributed by atoms with Gasteiger partial charge in [0, 0.05) is 26.7 Å². The van der Waals surface area contributed by atoms with E-state index in [9.17, 15) is 4.79 Å². The van der Waals surface area contributed by atoms with Crippen LogP contribution in [0, 0.1) is 0 Å². The van der Waals surface area contributed by atoms with Gasteiger partial charge in [0.2, 0.25) is 11.9 Å². The van der Waals surface area contributed by atoms with Crippen LogP contribution in [0.25, 0.3) is 0 Å². The van der Waals surface area contributed by atoms with E-state index in [0.29, 0.717) is 25.6 Å². The van der Waals surface area contributed by atoms with Crippen LogP contribution in [-0.4, -0.2) is 70.7 Å². The molecule has 122 valence electrons. The number of nitrogens with one attached hydrogen (secondary N) is 1. The highest BCUT2D eigenvalue weighted by Gasteiger charge is 2.41. The van der Waals surface area contributed by atoms with E-state index in [4.69, 9.17) is 9.47 Å². The molecule has 0 saturated carbocycles. The Morgan fingerprint density at radius 3 is 3.00 bits per heavy atom. The minimum atomic E-state index is -0.268. The van der Waals surface area contributed by atoms with E-state index < -0.39 is 0 Å². The van der Waals surface area contributed by atoms with E-state index in [0.717, 1.165) is 19.4 Å². The Kier molecular flexibility index (Phi) is 4.25. The topological polar surface area (TPSA) is 94.4 Å². The lowest BCUT2D eigenvalue weighted by Gasteiger charge is -2.48. The van der Waals surface area contributed by atoms with E-state index in [2.05, 4.69) is 20.8 Å². The van der Waals surface area contributed by atoms with Crippen LogP contribution in [-0.2, 0) is 21.3 Å². The Hall–Kier alpha value is -1.74. The first-order valence-corrected chi connectivity index (χ1v) is 7.53. The second kappa shape index (κ2) is 6.17. The highest BCUT2D eigenvalue weighted by atomic mass is 16.5. The van der Waals surface area contributed by atoms with Crippen LogP contribution in [0.5, 0.6) is 0 Å². The minimum absolute atomic E-state index is 0.0704. The lowest BCUT2D eigenvalue weighted by Crippen LogP contribution is -2.69. The molecule has 9 nitrogen and oxygen atoms in total. The fourth-order valence-corrected chi connectivity index (χ4v) is 2.94. The zero-order chi connectivity index (χ0) is 15.6. The molecule has 1 unspecified atom stereocenters. The summed E-state index contributed by atoms with van der Waals surface area (Å²) in [6, 6.07) is 0. The van der Waals surface area contributed by atoms with Gasteiger partial charge in [-0.15, -0.1) is 0 Å². The van der Waals surface area contributed by atoms with Crippen LogP contribution in [0.1, 0.15) is 19.8 Å². The molecule has 0 radical (unpaired) electrons. The first-order chi connectivity index (χ1) is 10.6. The van der Waals surface area contributed by atoms with Crippen molar-refractivity contribution in [2.24, 2.45) is 7.05 Å². The molecule has 3 rings (SSSR count). The number of nitrogens with zero attached hydrogens (tertiary/aromatic N) is 5. The number of amides is 1. The molecule has 0 aromatic carbocycles. The monoisotopic (exact) mass is 310 g/mol. The second-order valence-corrected chi connectivity index (χ2v) is 6.22. The van der Waals surface area contributed by atoms with Gasteiger partial charge in [0.1, 0.15) is 6.61 Å². The van der Waals surface area contributed by atoms with Gasteiger partial charge in [-0.25, -0.2) is 4.68 Å². The fraction of sp³-hybridized carbons (Fsp3) is 0.846. The predicted octanol–water partition coefficient (Wildman–Crippen LogP) is -0.899. The smallest absolute Gasteiger partial charge is 0.246 e. The number of hydrogen-bond acceptors (Lipinski definition) is 7. The summed E-state index contributed by atoms with van der Waals surface area (Å²) in [6.07, 6.45) is 2.23. The van der Waals surface area contributed by atoms with Gasteiger partial charge >= 0.3 is 0 Å². The van der Waals surface area contributed by atoms with Crippen molar-refractivity contribution in [1.82, 2.24) is 25.5 Å². The molecule has 1 atom stereocenters. The standard InChI is InChI=1S/C13H22N6O3/c1-13(8-19(9-13)12-15-16-17-18(12)2)14-11(20)7-21-6-10-4-3-5-22-10/h10H,3-9H2,1-2H3,(H,14,20). The van der Waals surface area contributed by atoms with Crippen LogP contribution in [0.2, 0.25) is 0 Å². The Morgan fingerprint density at radius 1 is 1.55 bits per heavy atom. The number of rotatable bonds is 6. The van der Waals surface area contributed by atoms with Gasteiger partial charge in [-0.2, -0.15) is 0 Å². The minimum Gasteiger partial charge on any atom is -0.376 e. The summed E-state index contributed by atoms with van der Waals surface area (Å²) in [5, 5.41) is 14.4. The molecular formula is C13H22N6O3. The van der Waals surface area contributed by atoms with Crippen molar-refractivity contribution in [3.8, 4) is 0 Å². The molecule has 2 aliphatic rings. The van der Waals surface area contributed by atoms with Crippen molar-refractivity contribution < 1.29 is 14.3 Å². The summed E-state index contributed by atoms with van der Waals surface area (Å²) >= 11 is 0. The molecule has 2 saturated heterocycles. The Bertz CT molecular complexity index is 522. The van der Waals surface area contributed by atoms with E-state index in [1.54, 1.807) is 11.7 Å². The number of aryl methyl sites for hydroxylation is 1. The first kappa shape index (κ1) is 15.2. The van der Waals surface area contributed by atoms with E-state index >= 15 is 0 Å². The first-order valence-electron chi connectivity index (χ1n) is 7.53. The molecular weight excluding hydrogens is 288 g/mol. The summed E-state index contributed by atoms with van der Waals surface area (Å²) in [4.78, 5) is 14.0. The summed E-state index contributed by atoms with van der Waals surface area (Å²) < 4.78 is 12.5. The molecule has 1 aromatic rings. The van der Waals surface area contributed by atoms with Crippen molar-refractivity contribution in [2.45, 2.75) is 31.4 Å². The van der Waals surface area contributed by atoms with Crippen LogP contribution >= 0.6 is 0 Å². The maximum Gasteiger partial charge on any atom is 0.246 e. The lowest BCUT2D eigenvalue weighted by molar-refractivity contribution is -0.128. The number of carbonyl (C=O) groups is 1. The number of aromatic nitrogens is 4. The molecule has 0 bridgehead atoms. The van der Waals surface area contributed by atoms with Gasteiger partial charge in [0.15, 0.2) is 0 Å². The van der Waals surface area contributed by atoms with Gasteiger partial charge < -0.3 is 19.7 Å². The maximum absolute atomic E-state index is 11.9. The SMILES string of the molecule is Cn1nnnc1N1CC(C)(NC(=O)COCC2CCCO2)C1. The normalized spacial score (nSPS) is 23.4. The Labute approximate surface area is 128 Å². The van der Waals surface area contributed by atoms with Gasteiger partial charge in [-0.1, -0.05) is 5.10 Å². The van der Waals surface area contributed by atoms with Gasteiger partial charge in [0.25, 0.3) is 0 Å². The van der Waals surface area contributed by atoms with E-state index in [1.807, 2.05) is 11.8 Å². The summed E-state index contributed by atoms with van der Waals surface area (Å²) in [6.45, 7) is 4.72. The Morgan fingerprint density at radius 2 is 2.36 bits per heavy atom. The average molecular weight is 310 g/mol. The van der Waals surface area contributed by atoms with Crippen LogP contribution in [0.4, 0.5) is 5.95 Å². The summed E-state index contributed by atoms with van der Waals surface area (Å²) in [7, 11) is 1.79. The Balaban J connectivity index is 1.38. The molecule has 0 spiro atoms. The maximum atomic E-state index is 11.9. The number of tetrazole rings is 1. The van der Waals surface area contributed by atoms with Crippen molar-refractivity contribution in [1.29, 1.82) is 0 Å². The number of ether oxygens (including phenoxy) is 2. The number of hydrogen-bond donors (Lipinski definition) is 1. The van der Waals surface area contributed by atoms with Gasteiger partial charge in [0.05, 0.1) is 18.2 Å². The molecule has 22 heavy (non-hydrogen) atoms. The molecule has 3 heterocycles. The number of carbonyl (C=O) groups excluding carboxylic acids is 1. The summed E-state index contributed by atoms with van der Waals surface area (Å²) in [5.41, 5.74) is -0.268. The molecule has 2 aliphatic heterocycles. The lowest BCUT2D eigenvalue weighted by atomic mass is 9.92. The molecule has 1 aromatic heterocycles. The fourth-order valence-electron chi connectivity index (χ4n) is 2.94. The highest BCUT2D eigenvalue weighted by molar-refractivity contribution is 5.78. The second-order valence-electron chi connectivity index (χ2n) is 6.22. The van der Waals surface area contributed by atoms with Crippen molar-refractivity contribution in [3.63, 3.8) is 0 Å². The van der Waals surface area contributed by atoms with Gasteiger partial charge in [-0.3, -0.25) is 4.79 Å². The van der Waals surface area contributed by atoms with Crippen LogP contribution in [0.3, 0.4) is 0 Å². The third kappa shape index (κ3) is 3.36. The third-order valence-electron chi connectivity index (χ3n) is 3.96. The van der Waals surface area contributed by atoms with Crippen molar-refractivity contribution in [2.75, 3.05) is 37.8 Å². The molecule has 1 N–H and O–H groups in total. The zero-order valence-electron chi connectivity index (χ0n) is 13.0. The molecule has 1 amide bonds. The van der Waals surface area contributed by atoms with E-state index in [1.165, 1.54) is 0 Å². The third-order valence-corrected chi connectivity index (χ3v) is 3.96. The quantitative estimate of drug-likeness (QED) is 0.727. The van der Waals surface area contributed by atoms with Crippen LogP contribution < -0.4 is 10.2 Å². The van der Waals surface area contributed by atoms with Gasteiger partial charge in [-0.05, 0) is 30.2 Å². The van der Waals surface area contributed by atoms with E-state index in [-0.39, 0.29) is 24.2 Å².